The van der Waals surface area contributed by atoms with Gasteiger partial charge in [0.1, 0.15) is 22.6 Å². The fraction of sp³-hybridized carbons (Fsp3) is 0.143. The number of aryl methyl sites for hydroxylation is 2. The summed E-state index contributed by atoms with van der Waals surface area (Å²) in [5.74, 6) is 0.562. The predicted octanol–water partition coefficient (Wildman–Crippen LogP) is 5.32. The second-order valence-electron chi connectivity index (χ2n) is 8.46. The molecule has 2 heterocycles. The van der Waals surface area contributed by atoms with Crippen LogP contribution in [0.1, 0.15) is 34.0 Å². The van der Waals surface area contributed by atoms with Crippen LogP contribution in [0.5, 0.6) is 5.75 Å². The molecule has 0 radical (unpaired) electrons. The van der Waals surface area contributed by atoms with Crippen molar-refractivity contribution in [2.45, 2.75) is 20.8 Å². The Kier molecular flexibility index (Phi) is 6.08. The van der Waals surface area contributed by atoms with Crippen molar-refractivity contribution in [3.8, 4) is 5.75 Å². The van der Waals surface area contributed by atoms with Gasteiger partial charge in [0.25, 0.3) is 5.91 Å². The average molecular weight is 479 g/mol. The number of amides is 1. The van der Waals surface area contributed by atoms with Crippen LogP contribution < -0.4 is 15.8 Å². The molecule has 0 aliphatic heterocycles. The molecule has 3 aromatic carbocycles. The van der Waals surface area contributed by atoms with Crippen LogP contribution in [0.2, 0.25) is 0 Å². The van der Waals surface area contributed by atoms with E-state index in [-0.39, 0.29) is 17.3 Å². The Balaban J connectivity index is 1.60. The standard InChI is InChI=1S/C28H26N6O2/c1-4-36-21-13-10-19(11-14-21)16-30-34-26(29)24(28(35)31-20-12-9-17(2)18(3)15-20)25-27(34)33-23-8-6-5-7-22(23)32-25/h5-16H,4,29H2,1-3H3,(H,31,35). The third-order valence-electron chi connectivity index (χ3n) is 5.98. The van der Waals surface area contributed by atoms with Crippen molar-refractivity contribution >= 4 is 45.8 Å². The van der Waals surface area contributed by atoms with Gasteiger partial charge < -0.3 is 15.8 Å². The van der Waals surface area contributed by atoms with E-state index >= 15 is 0 Å². The Labute approximate surface area is 208 Å². The molecule has 0 saturated carbocycles. The lowest BCUT2D eigenvalue weighted by Crippen LogP contribution is -2.14. The van der Waals surface area contributed by atoms with Crippen LogP contribution in [0.25, 0.3) is 22.2 Å². The SMILES string of the molecule is CCOc1ccc(C=Nn2c(N)c(C(=O)Nc3ccc(C)c(C)c3)c3nc4ccccc4nc32)cc1. The zero-order valence-electron chi connectivity index (χ0n) is 20.3. The highest BCUT2D eigenvalue weighted by Crippen LogP contribution is 2.29. The molecular weight excluding hydrogens is 452 g/mol. The maximum atomic E-state index is 13.4. The summed E-state index contributed by atoms with van der Waals surface area (Å²) in [4.78, 5) is 22.9. The minimum Gasteiger partial charge on any atom is -0.494 e. The van der Waals surface area contributed by atoms with Crippen LogP contribution in [0.15, 0.2) is 71.8 Å². The first-order chi connectivity index (χ1) is 17.4. The molecule has 5 rings (SSSR count). The highest BCUT2D eigenvalue weighted by atomic mass is 16.5. The molecular formula is C28H26N6O2. The van der Waals surface area contributed by atoms with E-state index in [4.69, 9.17) is 20.4 Å². The number of nitrogens with zero attached hydrogens (tertiary/aromatic N) is 4. The minimum atomic E-state index is -0.375. The number of hydrogen-bond acceptors (Lipinski definition) is 6. The number of benzene rings is 3. The lowest BCUT2D eigenvalue weighted by molar-refractivity contribution is 0.102. The van der Waals surface area contributed by atoms with E-state index in [9.17, 15) is 4.79 Å². The smallest absolute Gasteiger partial charge is 0.261 e. The first kappa shape index (κ1) is 23.0. The predicted molar refractivity (Wildman–Crippen MR) is 144 cm³/mol. The van der Waals surface area contributed by atoms with Gasteiger partial charge in [0.15, 0.2) is 5.65 Å². The van der Waals surface area contributed by atoms with E-state index < -0.39 is 0 Å². The Morgan fingerprint density at radius 3 is 2.44 bits per heavy atom. The van der Waals surface area contributed by atoms with Crippen molar-refractivity contribution in [2.24, 2.45) is 5.10 Å². The molecule has 0 saturated heterocycles. The van der Waals surface area contributed by atoms with Crippen LogP contribution in [0.3, 0.4) is 0 Å². The number of rotatable bonds is 6. The van der Waals surface area contributed by atoms with E-state index in [1.54, 1.807) is 6.21 Å². The second-order valence-corrected chi connectivity index (χ2v) is 8.46. The van der Waals surface area contributed by atoms with E-state index in [2.05, 4.69) is 10.4 Å². The number of anilines is 2. The number of hydrogen-bond donors (Lipinski definition) is 2. The van der Waals surface area contributed by atoms with Crippen molar-refractivity contribution in [1.29, 1.82) is 0 Å². The van der Waals surface area contributed by atoms with Crippen LogP contribution in [-0.4, -0.2) is 33.4 Å². The molecule has 0 aliphatic rings. The molecule has 0 atom stereocenters. The zero-order valence-corrected chi connectivity index (χ0v) is 20.3. The molecule has 2 aromatic heterocycles. The summed E-state index contributed by atoms with van der Waals surface area (Å²) in [6, 6.07) is 20.8. The largest absolute Gasteiger partial charge is 0.494 e. The number of para-hydroxylation sites is 2. The number of aromatic nitrogens is 3. The molecule has 8 heteroatoms. The van der Waals surface area contributed by atoms with Gasteiger partial charge in [0, 0.05) is 5.69 Å². The summed E-state index contributed by atoms with van der Waals surface area (Å²) in [5, 5.41) is 7.51. The average Bonchev–Trinajstić information content (AvgIpc) is 3.14. The highest BCUT2D eigenvalue weighted by Gasteiger charge is 2.24. The number of nitrogens with two attached hydrogens (primary N) is 1. The quantitative estimate of drug-likeness (QED) is 0.321. The first-order valence-corrected chi connectivity index (χ1v) is 11.7. The Hall–Kier alpha value is -4.72. The molecule has 0 aliphatic carbocycles. The maximum absolute atomic E-state index is 13.4. The lowest BCUT2D eigenvalue weighted by Gasteiger charge is -2.08. The summed E-state index contributed by atoms with van der Waals surface area (Å²) in [7, 11) is 0. The number of nitrogens with one attached hydrogen (secondary N) is 1. The molecule has 36 heavy (non-hydrogen) atoms. The van der Waals surface area contributed by atoms with Gasteiger partial charge in [-0.2, -0.15) is 9.78 Å². The minimum absolute atomic E-state index is 0.156. The highest BCUT2D eigenvalue weighted by molar-refractivity contribution is 6.16. The maximum Gasteiger partial charge on any atom is 0.261 e. The molecule has 0 fully saturated rings. The third kappa shape index (κ3) is 4.36. The van der Waals surface area contributed by atoms with Crippen molar-refractivity contribution in [1.82, 2.24) is 14.6 Å². The van der Waals surface area contributed by atoms with Gasteiger partial charge >= 0.3 is 0 Å². The van der Waals surface area contributed by atoms with Gasteiger partial charge in [-0.1, -0.05) is 18.2 Å². The van der Waals surface area contributed by atoms with Crippen molar-refractivity contribution in [3.05, 3.63) is 89.0 Å². The van der Waals surface area contributed by atoms with Gasteiger partial charge in [0.05, 0.1) is 23.9 Å². The van der Waals surface area contributed by atoms with Crippen molar-refractivity contribution in [3.63, 3.8) is 0 Å². The number of ether oxygens (including phenoxy) is 1. The van der Waals surface area contributed by atoms with Crippen molar-refractivity contribution < 1.29 is 9.53 Å². The zero-order chi connectivity index (χ0) is 25.2. The first-order valence-electron chi connectivity index (χ1n) is 11.7. The van der Waals surface area contributed by atoms with E-state index in [0.717, 1.165) is 22.4 Å². The van der Waals surface area contributed by atoms with Crippen LogP contribution in [0.4, 0.5) is 11.5 Å². The monoisotopic (exact) mass is 478 g/mol. The fourth-order valence-corrected chi connectivity index (χ4v) is 3.94. The summed E-state index contributed by atoms with van der Waals surface area (Å²) in [5.41, 5.74) is 12.6. The van der Waals surface area contributed by atoms with E-state index in [0.29, 0.717) is 34.5 Å². The van der Waals surface area contributed by atoms with Crippen molar-refractivity contribution in [2.75, 3.05) is 17.7 Å². The number of carbonyl (C=O) groups excluding carboxylic acids is 1. The molecule has 0 bridgehead atoms. The topological polar surface area (TPSA) is 107 Å². The number of nitrogen functional groups attached to an aromatic ring is 1. The van der Waals surface area contributed by atoms with Gasteiger partial charge in [-0.25, -0.2) is 9.97 Å². The molecule has 0 spiro atoms. The van der Waals surface area contributed by atoms with E-state index in [1.807, 2.05) is 87.5 Å². The van der Waals surface area contributed by atoms with E-state index in [1.165, 1.54) is 4.68 Å². The summed E-state index contributed by atoms with van der Waals surface area (Å²) >= 11 is 0. The molecule has 5 aromatic rings. The number of carbonyl (C=O) groups is 1. The van der Waals surface area contributed by atoms with Crippen LogP contribution in [0, 0.1) is 13.8 Å². The normalized spacial score (nSPS) is 11.4. The lowest BCUT2D eigenvalue weighted by atomic mass is 10.1. The number of fused-ring (bicyclic) bond motifs is 2. The summed E-state index contributed by atoms with van der Waals surface area (Å²) in [6.45, 7) is 6.56. The third-order valence-corrected chi connectivity index (χ3v) is 5.98. The second kappa shape index (κ2) is 9.50. The van der Waals surface area contributed by atoms with Gasteiger partial charge in [0.2, 0.25) is 0 Å². The summed E-state index contributed by atoms with van der Waals surface area (Å²) < 4.78 is 6.96. The molecule has 8 nitrogen and oxygen atoms in total. The van der Waals surface area contributed by atoms with Crippen LogP contribution >= 0.6 is 0 Å². The summed E-state index contributed by atoms with van der Waals surface area (Å²) in [6.07, 6.45) is 1.66. The Morgan fingerprint density at radius 1 is 1.03 bits per heavy atom. The molecule has 180 valence electrons. The van der Waals surface area contributed by atoms with Crippen LogP contribution in [-0.2, 0) is 0 Å². The van der Waals surface area contributed by atoms with Gasteiger partial charge in [-0.3, -0.25) is 4.79 Å². The Morgan fingerprint density at radius 2 is 1.75 bits per heavy atom. The van der Waals surface area contributed by atoms with Gasteiger partial charge in [-0.05, 0) is 86.0 Å². The molecule has 1 amide bonds. The molecule has 3 N–H and O–H groups in total. The Bertz CT molecular complexity index is 1620. The fourth-order valence-electron chi connectivity index (χ4n) is 3.94. The molecule has 0 unspecified atom stereocenters. The van der Waals surface area contributed by atoms with Gasteiger partial charge in [-0.15, -0.1) is 0 Å².